The summed E-state index contributed by atoms with van der Waals surface area (Å²) < 4.78 is 27.1. The number of piperidine rings is 1. The molecule has 0 spiro atoms. The van der Waals surface area contributed by atoms with Crippen molar-refractivity contribution in [2.45, 2.75) is 44.1 Å². The minimum atomic E-state index is -3.61. The molecule has 0 N–H and O–H groups in total. The lowest BCUT2D eigenvalue weighted by molar-refractivity contribution is -0.305. The van der Waals surface area contributed by atoms with Crippen LogP contribution in [0.5, 0.6) is 0 Å². The van der Waals surface area contributed by atoms with Gasteiger partial charge in [-0.3, -0.25) is 9.68 Å². The Morgan fingerprint density at radius 1 is 0.938 bits per heavy atom. The number of hydrogen-bond donors (Lipinski definition) is 0. The fourth-order valence-corrected chi connectivity index (χ4v) is 5.28. The van der Waals surface area contributed by atoms with Crippen LogP contribution in [0.15, 0.2) is 29.2 Å². The monoisotopic (exact) mass is 487 g/mol. The summed E-state index contributed by atoms with van der Waals surface area (Å²) in [4.78, 5) is 38.4. The maximum Gasteiger partial charge on any atom is 0.441 e. The average Bonchev–Trinajstić information content (AvgIpc) is 2.77. The van der Waals surface area contributed by atoms with Gasteiger partial charge >= 0.3 is 6.09 Å². The molecule has 178 valence electrons. The van der Waals surface area contributed by atoms with Crippen molar-refractivity contribution >= 4 is 33.6 Å². The van der Waals surface area contributed by atoms with E-state index in [-0.39, 0.29) is 29.8 Å². The Bertz CT molecular complexity index is 916. The van der Waals surface area contributed by atoms with E-state index in [9.17, 15) is 18.0 Å². The molecule has 0 aliphatic carbocycles. The zero-order valence-electron chi connectivity index (χ0n) is 18.6. The number of piperazine rings is 1. The van der Waals surface area contributed by atoms with Crippen LogP contribution in [-0.2, 0) is 24.6 Å². The van der Waals surface area contributed by atoms with Crippen LogP contribution in [0.2, 0.25) is 5.02 Å². The second-order valence-corrected chi connectivity index (χ2v) is 11.4. The number of benzene rings is 1. The second kappa shape index (κ2) is 9.94. The molecule has 32 heavy (non-hydrogen) atoms. The Balaban J connectivity index is 1.48. The predicted octanol–water partition coefficient (Wildman–Crippen LogP) is 2.75. The molecule has 1 aromatic rings. The molecule has 2 aliphatic heterocycles. The highest BCUT2D eigenvalue weighted by molar-refractivity contribution is 7.89. The van der Waals surface area contributed by atoms with Gasteiger partial charge in [-0.1, -0.05) is 11.6 Å². The Labute approximate surface area is 194 Å². The first-order valence-corrected chi connectivity index (χ1v) is 12.5. The van der Waals surface area contributed by atoms with E-state index in [1.807, 2.05) is 0 Å². The standard InChI is InChI=1S/C21H30ClN3O6S/c1-21(2,3)31-30-20(27)24-14-12-23(13-15-24)19(26)16-8-10-25(11-9-16)32(28,29)18-6-4-17(22)5-7-18/h4-7,16H,8-15H2,1-3H3. The van der Waals surface area contributed by atoms with Gasteiger partial charge in [0.05, 0.1) is 4.90 Å². The van der Waals surface area contributed by atoms with Crippen LogP contribution in [0.3, 0.4) is 0 Å². The minimum Gasteiger partial charge on any atom is -0.339 e. The summed E-state index contributed by atoms with van der Waals surface area (Å²) >= 11 is 5.85. The maximum atomic E-state index is 12.9. The highest BCUT2D eigenvalue weighted by atomic mass is 35.5. The van der Waals surface area contributed by atoms with E-state index in [1.165, 1.54) is 21.3 Å². The van der Waals surface area contributed by atoms with Crippen molar-refractivity contribution in [3.8, 4) is 0 Å². The van der Waals surface area contributed by atoms with Crippen molar-refractivity contribution in [1.82, 2.24) is 14.1 Å². The number of hydrogen-bond acceptors (Lipinski definition) is 6. The van der Waals surface area contributed by atoms with Gasteiger partial charge in [-0.25, -0.2) is 13.2 Å². The molecule has 0 atom stereocenters. The Morgan fingerprint density at radius 2 is 1.47 bits per heavy atom. The molecule has 2 saturated heterocycles. The van der Waals surface area contributed by atoms with Gasteiger partial charge in [-0.2, -0.15) is 9.19 Å². The van der Waals surface area contributed by atoms with Crippen LogP contribution in [0.25, 0.3) is 0 Å². The summed E-state index contributed by atoms with van der Waals surface area (Å²) in [5.74, 6) is -0.220. The van der Waals surface area contributed by atoms with Crippen LogP contribution in [0.1, 0.15) is 33.6 Å². The number of rotatable bonds is 4. The number of nitrogens with zero attached hydrogens (tertiary/aromatic N) is 3. The quantitative estimate of drug-likeness (QED) is 0.478. The van der Waals surface area contributed by atoms with Crippen molar-refractivity contribution in [2.24, 2.45) is 5.92 Å². The second-order valence-electron chi connectivity index (χ2n) is 8.99. The molecule has 11 heteroatoms. The molecule has 1 aromatic carbocycles. The van der Waals surface area contributed by atoms with E-state index in [0.29, 0.717) is 44.0 Å². The smallest absolute Gasteiger partial charge is 0.339 e. The van der Waals surface area contributed by atoms with Gasteiger partial charge in [0.2, 0.25) is 15.9 Å². The van der Waals surface area contributed by atoms with Gasteiger partial charge in [0.1, 0.15) is 5.60 Å². The molecule has 0 saturated carbocycles. The minimum absolute atomic E-state index is 0.00694. The molecule has 2 amide bonds. The highest BCUT2D eigenvalue weighted by Gasteiger charge is 2.35. The van der Waals surface area contributed by atoms with E-state index >= 15 is 0 Å². The third kappa shape index (κ3) is 6.12. The van der Waals surface area contributed by atoms with E-state index in [0.717, 1.165) is 0 Å². The van der Waals surface area contributed by atoms with Gasteiger partial charge in [-0.05, 0) is 57.9 Å². The van der Waals surface area contributed by atoms with Crippen molar-refractivity contribution in [3.05, 3.63) is 29.3 Å². The fraction of sp³-hybridized carbons (Fsp3) is 0.619. The van der Waals surface area contributed by atoms with E-state index in [1.54, 1.807) is 37.8 Å². The number of halogens is 1. The zero-order chi connectivity index (χ0) is 23.5. The van der Waals surface area contributed by atoms with Crippen molar-refractivity contribution in [2.75, 3.05) is 39.3 Å². The third-order valence-electron chi connectivity index (χ3n) is 5.47. The van der Waals surface area contributed by atoms with Gasteiger partial charge in [0.25, 0.3) is 0 Å². The Kier molecular flexibility index (Phi) is 7.69. The molecule has 3 rings (SSSR count). The number of amides is 2. The largest absolute Gasteiger partial charge is 0.441 e. The summed E-state index contributed by atoms with van der Waals surface area (Å²) in [6.07, 6.45) is 0.369. The Morgan fingerprint density at radius 3 is 2.00 bits per heavy atom. The first kappa shape index (κ1) is 24.8. The summed E-state index contributed by atoms with van der Waals surface area (Å²) in [5, 5.41) is 0.475. The van der Waals surface area contributed by atoms with Gasteiger partial charge in [-0.15, -0.1) is 0 Å². The normalized spacial score (nSPS) is 19.1. The molecule has 9 nitrogen and oxygen atoms in total. The molecule has 0 radical (unpaired) electrons. The number of carbonyl (C=O) groups excluding carboxylic acids is 2. The molecule has 2 fully saturated rings. The number of sulfonamides is 1. The molecule has 2 heterocycles. The molecular formula is C21H30ClN3O6S. The lowest BCUT2D eigenvalue weighted by Gasteiger charge is -2.37. The molecular weight excluding hydrogens is 458 g/mol. The topological polar surface area (TPSA) is 96.5 Å². The molecule has 0 aromatic heterocycles. The SMILES string of the molecule is CC(C)(C)OOC(=O)N1CCN(C(=O)C2CCN(S(=O)(=O)c3ccc(Cl)cc3)CC2)CC1. The van der Waals surface area contributed by atoms with E-state index in [2.05, 4.69) is 0 Å². The molecule has 0 unspecified atom stereocenters. The van der Waals surface area contributed by atoms with Crippen molar-refractivity contribution < 1.29 is 27.8 Å². The van der Waals surface area contributed by atoms with Gasteiger partial charge in [0, 0.05) is 50.2 Å². The van der Waals surface area contributed by atoms with E-state index < -0.39 is 21.7 Å². The maximum absolute atomic E-state index is 12.9. The average molecular weight is 488 g/mol. The van der Waals surface area contributed by atoms with Crippen molar-refractivity contribution in [1.29, 1.82) is 0 Å². The zero-order valence-corrected chi connectivity index (χ0v) is 20.2. The van der Waals surface area contributed by atoms with Crippen LogP contribution in [-0.4, -0.2) is 79.4 Å². The molecule has 0 bridgehead atoms. The van der Waals surface area contributed by atoms with Crippen molar-refractivity contribution in [3.63, 3.8) is 0 Å². The van der Waals surface area contributed by atoms with Crippen LogP contribution < -0.4 is 0 Å². The summed E-state index contributed by atoms with van der Waals surface area (Å²) in [7, 11) is -3.61. The third-order valence-corrected chi connectivity index (χ3v) is 7.63. The molecule has 2 aliphatic rings. The van der Waals surface area contributed by atoms with Crippen LogP contribution >= 0.6 is 11.6 Å². The highest BCUT2D eigenvalue weighted by Crippen LogP contribution is 2.26. The first-order valence-electron chi connectivity index (χ1n) is 10.7. The lowest BCUT2D eigenvalue weighted by atomic mass is 9.96. The first-order chi connectivity index (χ1) is 15.0. The van der Waals surface area contributed by atoms with Crippen LogP contribution in [0.4, 0.5) is 4.79 Å². The lowest BCUT2D eigenvalue weighted by Crippen LogP contribution is -2.53. The van der Waals surface area contributed by atoms with Gasteiger partial charge in [0.15, 0.2) is 0 Å². The fourth-order valence-electron chi connectivity index (χ4n) is 3.68. The Hall–Kier alpha value is -1.88. The summed E-state index contributed by atoms with van der Waals surface area (Å²) in [5.41, 5.74) is -0.594. The van der Waals surface area contributed by atoms with Crippen LogP contribution in [0, 0.1) is 5.92 Å². The summed E-state index contributed by atoms with van der Waals surface area (Å²) in [6.45, 7) is 7.47. The van der Waals surface area contributed by atoms with Gasteiger partial charge < -0.3 is 9.80 Å². The number of carbonyl (C=O) groups is 2. The van der Waals surface area contributed by atoms with E-state index in [4.69, 9.17) is 21.4 Å². The predicted molar refractivity (Wildman–Crippen MR) is 118 cm³/mol. The summed E-state index contributed by atoms with van der Waals surface area (Å²) in [6, 6.07) is 6.09.